The molecule has 0 aliphatic carbocycles. The first kappa shape index (κ1) is 16.7. The fourth-order valence-electron chi connectivity index (χ4n) is 3.21. The Labute approximate surface area is 136 Å². The zero-order valence-corrected chi connectivity index (χ0v) is 13.1. The summed E-state index contributed by atoms with van der Waals surface area (Å²) in [5.74, 6) is -0.353. The average molecular weight is 345 g/mol. The van der Waals surface area contributed by atoms with Crippen LogP contribution in [0.4, 0.5) is 13.2 Å². The minimum absolute atomic E-state index is 0.202. The summed E-state index contributed by atoms with van der Waals surface area (Å²) >= 11 is 0. The van der Waals surface area contributed by atoms with Crippen molar-refractivity contribution < 1.29 is 22.8 Å². The van der Waals surface area contributed by atoms with E-state index in [1.807, 2.05) is 4.57 Å². The van der Waals surface area contributed by atoms with Crippen LogP contribution in [0.1, 0.15) is 37.5 Å². The molecule has 10 heteroatoms. The SMILES string of the molecule is C[C@@H](NC(=O)[C@H]1CC(=O)N(CC(F)(F)F)C1)c1nnc2n1CCC2. The van der Waals surface area contributed by atoms with Gasteiger partial charge in [0.15, 0.2) is 5.82 Å². The van der Waals surface area contributed by atoms with Crippen molar-refractivity contribution in [3.8, 4) is 0 Å². The molecule has 2 atom stereocenters. The van der Waals surface area contributed by atoms with Crippen LogP contribution in [0.3, 0.4) is 0 Å². The molecule has 132 valence electrons. The third-order valence-electron chi connectivity index (χ3n) is 4.34. The molecule has 0 unspecified atom stereocenters. The number of fused-ring (bicyclic) bond motifs is 1. The Kier molecular flexibility index (Phi) is 4.22. The number of aromatic nitrogens is 3. The van der Waals surface area contributed by atoms with Crippen molar-refractivity contribution in [3.63, 3.8) is 0 Å². The normalized spacial score (nSPS) is 21.9. The molecule has 1 aromatic heterocycles. The van der Waals surface area contributed by atoms with E-state index in [9.17, 15) is 22.8 Å². The van der Waals surface area contributed by atoms with Crippen molar-refractivity contribution >= 4 is 11.8 Å². The van der Waals surface area contributed by atoms with Gasteiger partial charge in [0.05, 0.1) is 12.0 Å². The number of likely N-dealkylation sites (tertiary alicyclic amines) is 1. The molecule has 1 aromatic rings. The number of carbonyl (C=O) groups is 2. The number of rotatable bonds is 4. The van der Waals surface area contributed by atoms with E-state index in [1.54, 1.807) is 6.92 Å². The highest BCUT2D eigenvalue weighted by molar-refractivity contribution is 5.89. The second kappa shape index (κ2) is 6.06. The Morgan fingerprint density at radius 2 is 2.17 bits per heavy atom. The van der Waals surface area contributed by atoms with Crippen molar-refractivity contribution in [2.45, 2.75) is 44.9 Å². The number of hydrogen-bond acceptors (Lipinski definition) is 4. The van der Waals surface area contributed by atoms with Crippen LogP contribution in [0.15, 0.2) is 0 Å². The van der Waals surface area contributed by atoms with Gasteiger partial charge in [0.25, 0.3) is 0 Å². The fraction of sp³-hybridized carbons (Fsp3) is 0.714. The van der Waals surface area contributed by atoms with Crippen LogP contribution in [0, 0.1) is 5.92 Å². The van der Waals surface area contributed by atoms with E-state index in [-0.39, 0.29) is 13.0 Å². The van der Waals surface area contributed by atoms with E-state index >= 15 is 0 Å². The summed E-state index contributed by atoms with van der Waals surface area (Å²) in [5.41, 5.74) is 0. The van der Waals surface area contributed by atoms with E-state index in [4.69, 9.17) is 0 Å². The molecular formula is C14H18F3N5O2. The van der Waals surface area contributed by atoms with Gasteiger partial charge in [0, 0.05) is 25.9 Å². The predicted octanol–water partition coefficient (Wildman–Crippen LogP) is 0.812. The van der Waals surface area contributed by atoms with Gasteiger partial charge in [-0.05, 0) is 13.3 Å². The van der Waals surface area contributed by atoms with Crippen LogP contribution in [-0.2, 0) is 22.6 Å². The van der Waals surface area contributed by atoms with E-state index in [1.165, 1.54) is 0 Å². The zero-order chi connectivity index (χ0) is 17.5. The Hall–Kier alpha value is -2.13. The van der Waals surface area contributed by atoms with Crippen LogP contribution < -0.4 is 5.32 Å². The topological polar surface area (TPSA) is 80.1 Å². The second-order valence-corrected chi connectivity index (χ2v) is 6.25. The van der Waals surface area contributed by atoms with Gasteiger partial charge >= 0.3 is 6.18 Å². The van der Waals surface area contributed by atoms with Gasteiger partial charge in [-0.1, -0.05) is 0 Å². The van der Waals surface area contributed by atoms with E-state index in [0.717, 1.165) is 25.2 Å². The molecule has 0 spiro atoms. The van der Waals surface area contributed by atoms with Gasteiger partial charge in [-0.25, -0.2) is 0 Å². The Bertz CT molecular complexity index is 657. The molecule has 2 aliphatic heterocycles. The van der Waals surface area contributed by atoms with Crippen LogP contribution in [0.5, 0.6) is 0 Å². The monoisotopic (exact) mass is 345 g/mol. The highest BCUT2D eigenvalue weighted by Gasteiger charge is 2.41. The standard InChI is InChI=1S/C14H18F3N5O2/c1-8(12-20-19-10-3-2-4-22(10)12)18-13(24)9-5-11(23)21(6-9)7-14(15,16)17/h8-9H,2-7H2,1H3,(H,18,24)/t8-,9+/m1/s1. The Morgan fingerprint density at radius 3 is 2.88 bits per heavy atom. The van der Waals surface area contributed by atoms with Crippen LogP contribution >= 0.6 is 0 Å². The van der Waals surface area contributed by atoms with Crippen molar-refractivity contribution in [1.29, 1.82) is 0 Å². The number of nitrogens with one attached hydrogen (secondary N) is 1. The summed E-state index contributed by atoms with van der Waals surface area (Å²) in [4.78, 5) is 24.6. The molecule has 3 heterocycles. The predicted molar refractivity (Wildman–Crippen MR) is 75.6 cm³/mol. The van der Waals surface area contributed by atoms with E-state index in [0.29, 0.717) is 10.7 Å². The van der Waals surface area contributed by atoms with Gasteiger partial charge in [-0.3, -0.25) is 9.59 Å². The molecule has 0 bridgehead atoms. The van der Waals surface area contributed by atoms with Gasteiger partial charge in [0.1, 0.15) is 12.4 Å². The van der Waals surface area contributed by atoms with E-state index in [2.05, 4.69) is 15.5 Å². The molecule has 2 amide bonds. The summed E-state index contributed by atoms with van der Waals surface area (Å²) in [5, 5.41) is 10.9. The molecule has 0 radical (unpaired) electrons. The Morgan fingerprint density at radius 1 is 1.42 bits per heavy atom. The summed E-state index contributed by atoms with van der Waals surface area (Å²) in [6.45, 7) is 1.01. The quantitative estimate of drug-likeness (QED) is 0.876. The number of halogens is 3. The van der Waals surface area contributed by atoms with E-state index < -0.39 is 36.5 Å². The first-order chi connectivity index (χ1) is 11.2. The summed E-state index contributed by atoms with van der Waals surface area (Å²) in [7, 11) is 0. The molecule has 24 heavy (non-hydrogen) atoms. The number of hydrogen-bond donors (Lipinski definition) is 1. The van der Waals surface area contributed by atoms with Gasteiger partial charge in [-0.2, -0.15) is 13.2 Å². The molecule has 0 saturated carbocycles. The molecule has 1 fully saturated rings. The summed E-state index contributed by atoms with van der Waals surface area (Å²) in [6, 6.07) is -0.413. The van der Waals surface area contributed by atoms with Gasteiger partial charge in [0.2, 0.25) is 11.8 Å². The first-order valence-electron chi connectivity index (χ1n) is 7.81. The molecule has 0 aromatic carbocycles. The molecule has 2 aliphatic rings. The maximum Gasteiger partial charge on any atom is 0.406 e. The lowest BCUT2D eigenvalue weighted by Gasteiger charge is -2.19. The largest absolute Gasteiger partial charge is 0.406 e. The van der Waals surface area contributed by atoms with Crippen molar-refractivity contribution in [1.82, 2.24) is 25.0 Å². The van der Waals surface area contributed by atoms with Crippen molar-refractivity contribution in [2.75, 3.05) is 13.1 Å². The molecular weight excluding hydrogens is 327 g/mol. The first-order valence-corrected chi connectivity index (χ1v) is 7.81. The minimum Gasteiger partial charge on any atom is -0.346 e. The highest BCUT2D eigenvalue weighted by atomic mass is 19.4. The van der Waals surface area contributed by atoms with Gasteiger partial charge < -0.3 is 14.8 Å². The summed E-state index contributed by atoms with van der Waals surface area (Å²) < 4.78 is 39.2. The Balaban J connectivity index is 1.60. The highest BCUT2D eigenvalue weighted by Crippen LogP contribution is 2.25. The maximum atomic E-state index is 12.4. The van der Waals surface area contributed by atoms with Crippen LogP contribution in [0.2, 0.25) is 0 Å². The van der Waals surface area contributed by atoms with Crippen molar-refractivity contribution in [2.24, 2.45) is 5.92 Å². The molecule has 1 N–H and O–H groups in total. The number of aryl methyl sites for hydroxylation is 1. The van der Waals surface area contributed by atoms with Crippen molar-refractivity contribution in [3.05, 3.63) is 11.6 Å². The molecule has 3 rings (SSSR count). The number of carbonyl (C=O) groups excluding carboxylic acids is 2. The lowest BCUT2D eigenvalue weighted by Crippen LogP contribution is -2.38. The molecule has 7 nitrogen and oxygen atoms in total. The van der Waals surface area contributed by atoms with Crippen LogP contribution in [-0.4, -0.2) is 50.7 Å². The number of nitrogens with zero attached hydrogens (tertiary/aromatic N) is 4. The minimum atomic E-state index is -4.46. The lowest BCUT2D eigenvalue weighted by atomic mass is 10.1. The third kappa shape index (κ3) is 3.36. The number of amides is 2. The summed E-state index contributed by atoms with van der Waals surface area (Å²) in [6.07, 6.45) is -2.85. The third-order valence-corrected chi connectivity index (χ3v) is 4.34. The van der Waals surface area contributed by atoms with Gasteiger partial charge in [-0.15, -0.1) is 10.2 Å². The molecule has 1 saturated heterocycles. The lowest BCUT2D eigenvalue weighted by molar-refractivity contribution is -0.157. The maximum absolute atomic E-state index is 12.4. The average Bonchev–Trinajstić information content (AvgIpc) is 3.13. The smallest absolute Gasteiger partial charge is 0.346 e. The number of alkyl halides is 3. The zero-order valence-electron chi connectivity index (χ0n) is 13.1. The van der Waals surface area contributed by atoms with Crippen LogP contribution in [0.25, 0.3) is 0 Å². The fourth-order valence-corrected chi connectivity index (χ4v) is 3.21. The second-order valence-electron chi connectivity index (χ2n) is 6.25.